The number of amides is 1. The first kappa shape index (κ1) is 16.6. The van der Waals surface area contributed by atoms with Gasteiger partial charge >= 0.3 is 5.97 Å². The highest BCUT2D eigenvalue weighted by atomic mass is 16.5. The Morgan fingerprint density at radius 1 is 1.17 bits per heavy atom. The highest BCUT2D eigenvalue weighted by Gasteiger charge is 2.40. The average Bonchev–Trinajstić information content (AvgIpc) is 3.16. The van der Waals surface area contributed by atoms with Gasteiger partial charge in [0.2, 0.25) is 5.91 Å². The summed E-state index contributed by atoms with van der Waals surface area (Å²) in [7, 11) is 2.91. The van der Waals surface area contributed by atoms with Gasteiger partial charge in [-0.3, -0.25) is 4.79 Å². The second kappa shape index (κ2) is 6.71. The van der Waals surface area contributed by atoms with Gasteiger partial charge in [0.1, 0.15) is 0 Å². The number of rotatable bonds is 6. The van der Waals surface area contributed by atoms with Crippen LogP contribution in [0.25, 0.3) is 0 Å². The van der Waals surface area contributed by atoms with E-state index in [9.17, 15) is 14.7 Å². The molecule has 2 aliphatic carbocycles. The molecule has 2 aliphatic rings. The van der Waals surface area contributed by atoms with Crippen LogP contribution in [0.5, 0.6) is 11.5 Å². The van der Waals surface area contributed by atoms with Gasteiger partial charge in [-0.1, -0.05) is 6.42 Å². The number of nitrogens with one attached hydrogen (secondary N) is 1. The predicted octanol–water partition coefficient (Wildman–Crippen LogP) is 3.17. The maximum Gasteiger partial charge on any atom is 0.337 e. The van der Waals surface area contributed by atoms with Gasteiger partial charge in [-0.05, 0) is 37.0 Å². The number of benzene rings is 1. The van der Waals surface area contributed by atoms with Crippen LogP contribution in [-0.2, 0) is 4.79 Å². The van der Waals surface area contributed by atoms with Crippen molar-refractivity contribution in [2.75, 3.05) is 19.5 Å². The Morgan fingerprint density at radius 3 is 2.42 bits per heavy atom. The van der Waals surface area contributed by atoms with Crippen molar-refractivity contribution in [3.63, 3.8) is 0 Å². The minimum absolute atomic E-state index is 0.00561. The SMILES string of the molecule is COc1cc(NC(=O)C[C@H]2C[C@@H]3CC[C@H]2C3)c(C(=O)O)cc1OC. The third-order valence-electron chi connectivity index (χ3n) is 5.36. The third-order valence-corrected chi connectivity index (χ3v) is 5.36. The Balaban J connectivity index is 1.75. The molecule has 6 nitrogen and oxygen atoms in total. The molecule has 24 heavy (non-hydrogen) atoms. The van der Waals surface area contributed by atoms with Gasteiger partial charge in [-0.15, -0.1) is 0 Å². The fourth-order valence-corrected chi connectivity index (χ4v) is 4.23. The maximum atomic E-state index is 12.4. The Kier molecular flexibility index (Phi) is 4.64. The molecule has 130 valence electrons. The van der Waals surface area contributed by atoms with E-state index < -0.39 is 5.97 Å². The lowest BCUT2D eigenvalue weighted by atomic mass is 9.86. The molecule has 0 aliphatic heterocycles. The van der Waals surface area contributed by atoms with Gasteiger partial charge in [0.25, 0.3) is 0 Å². The van der Waals surface area contributed by atoms with Gasteiger partial charge in [0, 0.05) is 18.6 Å². The second-order valence-electron chi connectivity index (χ2n) is 6.75. The van der Waals surface area contributed by atoms with Crippen molar-refractivity contribution in [3.8, 4) is 11.5 Å². The van der Waals surface area contributed by atoms with E-state index in [1.54, 1.807) is 0 Å². The van der Waals surface area contributed by atoms with Crippen LogP contribution >= 0.6 is 0 Å². The van der Waals surface area contributed by atoms with Crippen molar-refractivity contribution < 1.29 is 24.2 Å². The average molecular weight is 333 g/mol. The van der Waals surface area contributed by atoms with Crippen LogP contribution in [0.15, 0.2) is 12.1 Å². The lowest BCUT2D eigenvalue weighted by Gasteiger charge is -2.21. The van der Waals surface area contributed by atoms with E-state index in [1.807, 2.05) is 0 Å². The fraction of sp³-hybridized carbons (Fsp3) is 0.556. The Bertz CT molecular complexity index is 657. The zero-order chi connectivity index (χ0) is 17.3. The number of hydrogen-bond donors (Lipinski definition) is 2. The molecule has 1 amide bonds. The first-order valence-corrected chi connectivity index (χ1v) is 8.31. The number of methoxy groups -OCH3 is 2. The minimum atomic E-state index is -1.12. The quantitative estimate of drug-likeness (QED) is 0.835. The smallest absolute Gasteiger partial charge is 0.337 e. The zero-order valence-corrected chi connectivity index (χ0v) is 14.0. The zero-order valence-electron chi connectivity index (χ0n) is 14.0. The maximum absolute atomic E-state index is 12.4. The van der Waals surface area contributed by atoms with Crippen LogP contribution in [0.1, 0.15) is 42.5 Å². The fourth-order valence-electron chi connectivity index (χ4n) is 4.23. The molecular formula is C18H23NO5. The Morgan fingerprint density at radius 2 is 1.88 bits per heavy atom. The summed E-state index contributed by atoms with van der Waals surface area (Å²) in [4.78, 5) is 23.9. The molecule has 0 aromatic heterocycles. The van der Waals surface area contributed by atoms with E-state index in [2.05, 4.69) is 5.32 Å². The van der Waals surface area contributed by atoms with Gasteiger partial charge in [-0.2, -0.15) is 0 Å². The number of anilines is 1. The summed E-state index contributed by atoms with van der Waals surface area (Å²) in [6.45, 7) is 0. The van der Waals surface area contributed by atoms with Crippen LogP contribution in [0.4, 0.5) is 5.69 Å². The van der Waals surface area contributed by atoms with E-state index in [0.717, 1.165) is 12.3 Å². The molecule has 3 atom stereocenters. The van der Waals surface area contributed by atoms with Crippen molar-refractivity contribution in [3.05, 3.63) is 17.7 Å². The van der Waals surface area contributed by atoms with Gasteiger partial charge in [-0.25, -0.2) is 4.79 Å². The first-order valence-electron chi connectivity index (χ1n) is 8.31. The molecule has 0 spiro atoms. The number of carbonyl (C=O) groups is 2. The van der Waals surface area contributed by atoms with Crippen molar-refractivity contribution >= 4 is 17.6 Å². The number of carboxylic acid groups (broad SMARTS) is 1. The first-order chi connectivity index (χ1) is 11.5. The van der Waals surface area contributed by atoms with Crippen molar-refractivity contribution in [1.29, 1.82) is 0 Å². The predicted molar refractivity (Wildman–Crippen MR) is 88.7 cm³/mol. The van der Waals surface area contributed by atoms with Crippen molar-refractivity contribution in [2.45, 2.75) is 32.1 Å². The largest absolute Gasteiger partial charge is 0.493 e. The molecule has 0 unspecified atom stereocenters. The van der Waals surface area contributed by atoms with Crippen LogP contribution < -0.4 is 14.8 Å². The molecule has 1 aromatic carbocycles. The number of hydrogen-bond acceptors (Lipinski definition) is 4. The molecule has 2 bridgehead atoms. The molecule has 2 saturated carbocycles. The lowest BCUT2D eigenvalue weighted by molar-refractivity contribution is -0.117. The van der Waals surface area contributed by atoms with E-state index in [1.165, 1.54) is 45.6 Å². The normalized spacial score (nSPS) is 24.7. The van der Waals surface area contributed by atoms with Crippen molar-refractivity contribution in [1.82, 2.24) is 0 Å². The van der Waals surface area contributed by atoms with Gasteiger partial charge < -0.3 is 19.9 Å². The highest BCUT2D eigenvalue weighted by molar-refractivity contribution is 6.01. The number of ether oxygens (including phenoxy) is 2. The van der Waals surface area contributed by atoms with E-state index in [-0.39, 0.29) is 17.2 Å². The molecule has 2 fully saturated rings. The second-order valence-corrected chi connectivity index (χ2v) is 6.75. The molecule has 0 saturated heterocycles. The van der Waals surface area contributed by atoms with E-state index >= 15 is 0 Å². The number of carboxylic acids is 1. The summed E-state index contributed by atoms with van der Waals surface area (Å²) < 4.78 is 10.3. The number of carbonyl (C=O) groups excluding carboxylic acids is 1. The number of fused-ring (bicyclic) bond motifs is 2. The van der Waals surface area contributed by atoms with Crippen LogP contribution in [-0.4, -0.2) is 31.2 Å². The molecule has 3 rings (SSSR count). The molecule has 0 radical (unpaired) electrons. The Labute approximate surface area is 141 Å². The highest BCUT2D eigenvalue weighted by Crippen LogP contribution is 2.49. The van der Waals surface area contributed by atoms with E-state index in [0.29, 0.717) is 29.8 Å². The molecule has 0 heterocycles. The van der Waals surface area contributed by atoms with Crippen molar-refractivity contribution in [2.24, 2.45) is 17.8 Å². The lowest BCUT2D eigenvalue weighted by Crippen LogP contribution is -2.21. The van der Waals surface area contributed by atoms with Gasteiger partial charge in [0.15, 0.2) is 11.5 Å². The molecule has 1 aromatic rings. The van der Waals surface area contributed by atoms with E-state index in [4.69, 9.17) is 9.47 Å². The van der Waals surface area contributed by atoms with Gasteiger partial charge in [0.05, 0.1) is 25.5 Å². The summed E-state index contributed by atoms with van der Waals surface area (Å²) in [6.07, 6.45) is 5.33. The number of aromatic carboxylic acids is 1. The molecule has 6 heteroatoms. The molecular weight excluding hydrogens is 310 g/mol. The topological polar surface area (TPSA) is 84.9 Å². The minimum Gasteiger partial charge on any atom is -0.493 e. The van der Waals surface area contributed by atoms with Crippen LogP contribution in [0.3, 0.4) is 0 Å². The van der Waals surface area contributed by atoms with Crippen LogP contribution in [0, 0.1) is 17.8 Å². The van der Waals surface area contributed by atoms with Crippen LogP contribution in [0.2, 0.25) is 0 Å². The summed E-state index contributed by atoms with van der Waals surface area (Å²) >= 11 is 0. The summed E-state index contributed by atoms with van der Waals surface area (Å²) in [6, 6.07) is 2.87. The Hall–Kier alpha value is -2.24. The monoisotopic (exact) mass is 333 g/mol. The molecule has 2 N–H and O–H groups in total. The summed E-state index contributed by atoms with van der Waals surface area (Å²) in [5, 5.41) is 12.1. The third kappa shape index (κ3) is 3.18. The summed E-state index contributed by atoms with van der Waals surface area (Å²) in [5.74, 6) is 1.32. The standard InChI is InChI=1S/C18H23NO5/c1-23-15-8-13(18(21)22)14(9-16(15)24-2)19-17(20)7-12-6-10-3-4-11(12)5-10/h8-12H,3-7H2,1-2H3,(H,19,20)(H,21,22)/t10-,11+,12-/m1/s1. The summed E-state index contributed by atoms with van der Waals surface area (Å²) in [5.41, 5.74) is 0.238.